The van der Waals surface area contributed by atoms with Crippen LogP contribution in [0, 0.1) is 5.92 Å². The van der Waals surface area contributed by atoms with Crippen LogP contribution in [0.15, 0.2) is 42.5 Å². The number of carboxylic acid groups (broad SMARTS) is 1. The van der Waals surface area contributed by atoms with Crippen LogP contribution >= 0.6 is 11.6 Å². The predicted molar refractivity (Wildman–Crippen MR) is 113 cm³/mol. The normalized spacial score (nSPS) is 14.3. The molecule has 0 aromatic heterocycles. The van der Waals surface area contributed by atoms with E-state index in [0.717, 1.165) is 37.6 Å². The van der Waals surface area contributed by atoms with Crippen molar-refractivity contribution in [3.63, 3.8) is 0 Å². The molecule has 0 radical (unpaired) electrons. The number of piperazine rings is 1. The number of hydrogen-bond donors (Lipinski definition) is 2. The molecule has 0 aliphatic carbocycles. The molecule has 0 unspecified atom stereocenters. The zero-order valence-electron chi connectivity index (χ0n) is 16.0. The third kappa shape index (κ3) is 4.57. The van der Waals surface area contributed by atoms with Crippen molar-refractivity contribution in [2.75, 3.05) is 41.3 Å². The SMILES string of the molecule is CC(C)C(=O)Nc1ccc(N2CCN(c3ccc(Cl)cc3)CC2)cc1C(=O)O. The maximum absolute atomic E-state index is 11.9. The first-order chi connectivity index (χ1) is 13.3. The number of rotatable bonds is 5. The Morgan fingerprint density at radius 2 is 1.50 bits per heavy atom. The lowest BCUT2D eigenvalue weighted by Crippen LogP contribution is -2.46. The van der Waals surface area contributed by atoms with E-state index in [1.54, 1.807) is 26.0 Å². The Morgan fingerprint density at radius 3 is 2.04 bits per heavy atom. The average Bonchev–Trinajstić information content (AvgIpc) is 2.69. The van der Waals surface area contributed by atoms with E-state index in [0.29, 0.717) is 10.7 Å². The molecule has 0 atom stereocenters. The summed E-state index contributed by atoms with van der Waals surface area (Å²) in [5.74, 6) is -1.48. The van der Waals surface area contributed by atoms with E-state index in [2.05, 4.69) is 15.1 Å². The van der Waals surface area contributed by atoms with Crippen molar-refractivity contribution in [2.45, 2.75) is 13.8 Å². The number of halogens is 1. The Labute approximate surface area is 169 Å². The van der Waals surface area contributed by atoms with Crippen molar-refractivity contribution in [2.24, 2.45) is 5.92 Å². The second kappa shape index (κ2) is 8.52. The van der Waals surface area contributed by atoms with Gasteiger partial charge in [0.05, 0.1) is 11.3 Å². The molecule has 2 N–H and O–H groups in total. The van der Waals surface area contributed by atoms with Gasteiger partial charge >= 0.3 is 5.97 Å². The summed E-state index contributed by atoms with van der Waals surface area (Å²) in [5, 5.41) is 13.0. The van der Waals surface area contributed by atoms with Crippen LogP contribution in [0.25, 0.3) is 0 Å². The molecular formula is C21H24ClN3O3. The molecule has 148 valence electrons. The number of anilines is 3. The Morgan fingerprint density at radius 1 is 0.964 bits per heavy atom. The molecule has 7 heteroatoms. The smallest absolute Gasteiger partial charge is 0.337 e. The first-order valence-corrected chi connectivity index (χ1v) is 9.66. The summed E-state index contributed by atoms with van der Waals surface area (Å²) in [6.45, 7) is 6.75. The molecule has 0 spiro atoms. The van der Waals surface area contributed by atoms with Crippen molar-refractivity contribution in [3.8, 4) is 0 Å². The van der Waals surface area contributed by atoms with Gasteiger partial charge in [0.15, 0.2) is 0 Å². The molecule has 1 aliphatic heterocycles. The molecule has 1 aliphatic rings. The summed E-state index contributed by atoms with van der Waals surface area (Å²) in [4.78, 5) is 28.1. The van der Waals surface area contributed by atoms with Crippen LogP contribution < -0.4 is 15.1 Å². The van der Waals surface area contributed by atoms with Gasteiger partial charge in [-0.1, -0.05) is 25.4 Å². The highest BCUT2D eigenvalue weighted by atomic mass is 35.5. The third-order valence-electron chi connectivity index (χ3n) is 4.85. The summed E-state index contributed by atoms with van der Waals surface area (Å²) in [6.07, 6.45) is 0. The number of nitrogens with one attached hydrogen (secondary N) is 1. The lowest BCUT2D eigenvalue weighted by atomic mass is 10.1. The van der Waals surface area contributed by atoms with Gasteiger partial charge in [-0.15, -0.1) is 0 Å². The minimum absolute atomic E-state index is 0.103. The van der Waals surface area contributed by atoms with Crippen LogP contribution in [0.4, 0.5) is 17.1 Å². The highest BCUT2D eigenvalue weighted by molar-refractivity contribution is 6.30. The number of aromatic carboxylic acids is 1. The molecule has 2 aromatic rings. The van der Waals surface area contributed by atoms with E-state index >= 15 is 0 Å². The van der Waals surface area contributed by atoms with Crippen molar-refractivity contribution in [1.29, 1.82) is 0 Å². The highest BCUT2D eigenvalue weighted by Gasteiger charge is 2.21. The van der Waals surface area contributed by atoms with Gasteiger partial charge in [-0.2, -0.15) is 0 Å². The van der Waals surface area contributed by atoms with E-state index in [4.69, 9.17) is 11.6 Å². The van der Waals surface area contributed by atoms with Crippen LogP contribution in [-0.2, 0) is 4.79 Å². The molecular weight excluding hydrogens is 378 g/mol. The maximum Gasteiger partial charge on any atom is 0.337 e. The van der Waals surface area contributed by atoms with Crippen molar-refractivity contribution >= 4 is 40.5 Å². The number of amides is 1. The van der Waals surface area contributed by atoms with E-state index in [9.17, 15) is 14.7 Å². The van der Waals surface area contributed by atoms with Gasteiger partial charge in [-0.3, -0.25) is 4.79 Å². The molecule has 6 nitrogen and oxygen atoms in total. The molecule has 1 saturated heterocycles. The minimum atomic E-state index is -1.05. The third-order valence-corrected chi connectivity index (χ3v) is 5.10. The fourth-order valence-corrected chi connectivity index (χ4v) is 3.29. The maximum atomic E-state index is 11.9. The molecule has 1 heterocycles. The first-order valence-electron chi connectivity index (χ1n) is 9.29. The fraction of sp³-hybridized carbons (Fsp3) is 0.333. The van der Waals surface area contributed by atoms with Gasteiger partial charge < -0.3 is 20.2 Å². The van der Waals surface area contributed by atoms with Crippen LogP contribution in [0.5, 0.6) is 0 Å². The molecule has 2 aromatic carbocycles. The summed E-state index contributed by atoms with van der Waals surface area (Å²) >= 11 is 5.95. The van der Waals surface area contributed by atoms with Gasteiger partial charge in [0.1, 0.15) is 0 Å². The summed E-state index contributed by atoms with van der Waals surface area (Å²) in [7, 11) is 0. The molecule has 1 amide bonds. The van der Waals surface area contributed by atoms with E-state index in [1.165, 1.54) is 0 Å². The number of hydrogen-bond acceptors (Lipinski definition) is 4. The van der Waals surface area contributed by atoms with Crippen molar-refractivity contribution in [1.82, 2.24) is 0 Å². The van der Waals surface area contributed by atoms with Gasteiger partial charge in [-0.25, -0.2) is 4.79 Å². The van der Waals surface area contributed by atoms with Crippen LogP contribution in [0.3, 0.4) is 0 Å². The zero-order chi connectivity index (χ0) is 20.3. The second-order valence-electron chi connectivity index (χ2n) is 7.13. The van der Waals surface area contributed by atoms with Gasteiger partial charge in [0.2, 0.25) is 5.91 Å². The van der Waals surface area contributed by atoms with Gasteiger partial charge in [-0.05, 0) is 42.5 Å². The van der Waals surface area contributed by atoms with Gasteiger partial charge in [0, 0.05) is 48.5 Å². The van der Waals surface area contributed by atoms with Crippen molar-refractivity contribution in [3.05, 3.63) is 53.1 Å². The number of carboxylic acids is 1. The second-order valence-corrected chi connectivity index (χ2v) is 7.57. The van der Waals surface area contributed by atoms with E-state index < -0.39 is 5.97 Å². The average molecular weight is 402 g/mol. The van der Waals surface area contributed by atoms with E-state index in [1.807, 2.05) is 30.3 Å². The Balaban J connectivity index is 1.72. The lowest BCUT2D eigenvalue weighted by molar-refractivity contribution is -0.118. The largest absolute Gasteiger partial charge is 0.478 e. The predicted octanol–water partition coefficient (Wildman–Crippen LogP) is 3.96. The minimum Gasteiger partial charge on any atom is -0.478 e. The highest BCUT2D eigenvalue weighted by Crippen LogP contribution is 2.26. The Hall–Kier alpha value is -2.73. The number of carbonyl (C=O) groups is 2. The Bertz CT molecular complexity index is 860. The molecule has 3 rings (SSSR count). The summed E-state index contributed by atoms with van der Waals surface area (Å²) in [6, 6.07) is 12.9. The number of nitrogens with zero attached hydrogens (tertiary/aromatic N) is 2. The molecule has 28 heavy (non-hydrogen) atoms. The molecule has 0 saturated carbocycles. The standard InChI is InChI=1S/C21H24ClN3O3/c1-14(2)20(26)23-19-8-7-17(13-18(19)21(27)28)25-11-9-24(10-12-25)16-5-3-15(22)4-6-16/h3-8,13-14H,9-12H2,1-2H3,(H,23,26)(H,27,28). The molecule has 0 bridgehead atoms. The van der Waals surface area contributed by atoms with Crippen LogP contribution in [-0.4, -0.2) is 43.2 Å². The van der Waals surface area contributed by atoms with Gasteiger partial charge in [0.25, 0.3) is 0 Å². The topological polar surface area (TPSA) is 72.9 Å². The first kappa shape index (κ1) is 20.0. The van der Waals surface area contributed by atoms with Crippen molar-refractivity contribution < 1.29 is 14.7 Å². The monoisotopic (exact) mass is 401 g/mol. The lowest BCUT2D eigenvalue weighted by Gasteiger charge is -2.37. The number of benzene rings is 2. The summed E-state index contributed by atoms with van der Waals surface area (Å²) in [5.41, 5.74) is 2.40. The fourth-order valence-electron chi connectivity index (χ4n) is 3.17. The number of carbonyl (C=O) groups excluding carboxylic acids is 1. The van der Waals surface area contributed by atoms with Crippen LogP contribution in [0.1, 0.15) is 24.2 Å². The van der Waals surface area contributed by atoms with Crippen LogP contribution in [0.2, 0.25) is 5.02 Å². The Kier molecular flexibility index (Phi) is 6.09. The zero-order valence-corrected chi connectivity index (χ0v) is 16.7. The summed E-state index contributed by atoms with van der Waals surface area (Å²) < 4.78 is 0. The molecule has 1 fully saturated rings. The van der Waals surface area contributed by atoms with E-state index in [-0.39, 0.29) is 17.4 Å². The quantitative estimate of drug-likeness (QED) is 0.793.